The Morgan fingerprint density at radius 2 is 1.16 bits per heavy atom. The second-order valence-corrected chi connectivity index (χ2v) is 6.61. The summed E-state index contributed by atoms with van der Waals surface area (Å²) in [7, 11) is 0. The molecule has 0 bridgehead atoms. The predicted molar refractivity (Wildman–Crippen MR) is 105 cm³/mol. The van der Waals surface area contributed by atoms with Gasteiger partial charge in [-0.2, -0.15) is 0 Å². The maximum absolute atomic E-state index is 5.61. The predicted octanol–water partition coefficient (Wildman–Crippen LogP) is 7.00. The molecule has 0 saturated carbocycles. The molecule has 0 spiro atoms. The van der Waals surface area contributed by atoms with E-state index in [0.717, 1.165) is 11.0 Å². The van der Waals surface area contributed by atoms with Gasteiger partial charge >= 0.3 is 0 Å². The number of benzene rings is 5. The van der Waals surface area contributed by atoms with Crippen LogP contribution in [0.15, 0.2) is 89.5 Å². The summed E-state index contributed by atoms with van der Waals surface area (Å²) in [6.45, 7) is 0. The van der Waals surface area contributed by atoms with E-state index in [2.05, 4.69) is 72.8 Å². The summed E-state index contributed by atoms with van der Waals surface area (Å²) in [4.78, 5) is 0. The fourth-order valence-electron chi connectivity index (χ4n) is 4.20. The molecular formula is C24H14O. The first-order valence-corrected chi connectivity index (χ1v) is 8.53. The second kappa shape index (κ2) is 4.61. The van der Waals surface area contributed by atoms with Crippen LogP contribution in [0.1, 0.15) is 0 Å². The average Bonchev–Trinajstić information content (AvgIpc) is 3.15. The van der Waals surface area contributed by atoms with E-state index in [1.54, 1.807) is 6.26 Å². The number of hydrogen-bond acceptors (Lipinski definition) is 1. The Hall–Kier alpha value is -3.32. The first-order chi connectivity index (χ1) is 12.4. The highest BCUT2D eigenvalue weighted by atomic mass is 16.3. The highest BCUT2D eigenvalue weighted by molar-refractivity contribution is 6.26. The van der Waals surface area contributed by atoms with E-state index in [-0.39, 0.29) is 0 Å². The Morgan fingerprint density at radius 1 is 0.480 bits per heavy atom. The lowest BCUT2D eigenvalue weighted by atomic mass is 9.89. The number of fused-ring (bicyclic) bond motifs is 1. The van der Waals surface area contributed by atoms with Crippen molar-refractivity contribution in [1.29, 1.82) is 0 Å². The van der Waals surface area contributed by atoms with Crippen LogP contribution in [0.25, 0.3) is 54.4 Å². The molecule has 1 heteroatoms. The topological polar surface area (TPSA) is 13.1 Å². The molecule has 0 aliphatic rings. The van der Waals surface area contributed by atoms with Crippen molar-refractivity contribution in [2.24, 2.45) is 0 Å². The Morgan fingerprint density at radius 3 is 2.04 bits per heavy atom. The fourth-order valence-corrected chi connectivity index (χ4v) is 4.20. The zero-order chi connectivity index (χ0) is 16.4. The van der Waals surface area contributed by atoms with Crippen molar-refractivity contribution in [3.05, 3.63) is 85.1 Å². The van der Waals surface area contributed by atoms with Crippen LogP contribution in [-0.2, 0) is 0 Å². The second-order valence-electron chi connectivity index (χ2n) is 6.61. The van der Waals surface area contributed by atoms with E-state index < -0.39 is 0 Å². The lowest BCUT2D eigenvalue weighted by Crippen LogP contribution is -1.87. The third-order valence-electron chi connectivity index (χ3n) is 5.31. The van der Waals surface area contributed by atoms with Gasteiger partial charge in [0.1, 0.15) is 5.58 Å². The average molecular weight is 318 g/mol. The number of furan rings is 1. The zero-order valence-electron chi connectivity index (χ0n) is 13.5. The molecule has 0 aliphatic heterocycles. The highest BCUT2D eigenvalue weighted by Gasteiger charge is 2.13. The van der Waals surface area contributed by atoms with Gasteiger partial charge in [-0.05, 0) is 55.6 Å². The molecule has 25 heavy (non-hydrogen) atoms. The third-order valence-corrected chi connectivity index (χ3v) is 5.31. The lowest BCUT2D eigenvalue weighted by Gasteiger charge is -2.14. The van der Waals surface area contributed by atoms with Crippen LogP contribution < -0.4 is 0 Å². The minimum absolute atomic E-state index is 0.934. The summed E-state index contributed by atoms with van der Waals surface area (Å²) in [5.41, 5.74) is 3.42. The quantitative estimate of drug-likeness (QED) is 0.297. The molecular weight excluding hydrogens is 304 g/mol. The molecule has 6 aromatic rings. The van der Waals surface area contributed by atoms with Crippen molar-refractivity contribution in [3.63, 3.8) is 0 Å². The summed E-state index contributed by atoms with van der Waals surface area (Å²) in [6, 6.07) is 28.3. The van der Waals surface area contributed by atoms with Gasteiger partial charge in [0.15, 0.2) is 0 Å². The summed E-state index contributed by atoms with van der Waals surface area (Å²) in [5.74, 6) is 0. The summed E-state index contributed by atoms with van der Waals surface area (Å²) >= 11 is 0. The van der Waals surface area contributed by atoms with Crippen molar-refractivity contribution < 1.29 is 4.42 Å². The molecule has 116 valence electrons. The van der Waals surface area contributed by atoms with Crippen LogP contribution in [0, 0.1) is 0 Å². The van der Waals surface area contributed by atoms with Crippen molar-refractivity contribution in [2.45, 2.75) is 0 Å². The largest absolute Gasteiger partial charge is 0.464 e. The molecule has 0 aliphatic carbocycles. The molecule has 0 radical (unpaired) electrons. The molecule has 0 amide bonds. The van der Waals surface area contributed by atoms with Crippen LogP contribution >= 0.6 is 0 Å². The van der Waals surface area contributed by atoms with Gasteiger partial charge < -0.3 is 4.42 Å². The molecule has 1 aromatic heterocycles. The monoisotopic (exact) mass is 318 g/mol. The van der Waals surface area contributed by atoms with Crippen LogP contribution in [-0.4, -0.2) is 0 Å². The van der Waals surface area contributed by atoms with Crippen LogP contribution in [0.4, 0.5) is 0 Å². The minimum atomic E-state index is 0.934. The van der Waals surface area contributed by atoms with Gasteiger partial charge in [-0.25, -0.2) is 0 Å². The minimum Gasteiger partial charge on any atom is -0.464 e. The molecule has 6 rings (SSSR count). The molecule has 0 saturated heterocycles. The van der Waals surface area contributed by atoms with Gasteiger partial charge in [0, 0.05) is 5.39 Å². The van der Waals surface area contributed by atoms with Crippen LogP contribution in [0.3, 0.4) is 0 Å². The molecule has 0 fully saturated rings. The van der Waals surface area contributed by atoms with Gasteiger partial charge in [0.05, 0.1) is 6.26 Å². The first kappa shape index (κ1) is 13.0. The number of hydrogen-bond donors (Lipinski definition) is 0. The van der Waals surface area contributed by atoms with E-state index in [9.17, 15) is 0 Å². The Bertz CT molecular complexity index is 1370. The fraction of sp³-hybridized carbons (Fsp3) is 0. The smallest absolute Gasteiger partial charge is 0.134 e. The number of rotatable bonds is 1. The van der Waals surface area contributed by atoms with E-state index in [1.165, 1.54) is 43.4 Å². The standard InChI is InChI=1S/C24H14O/c1-3-15-7-8-17-9-11-19(18-5-2-6-22-20(18)13-14-25-22)21-12-10-16(4-1)23(15)24(17)21/h1-14H. The van der Waals surface area contributed by atoms with Gasteiger partial charge in [-0.15, -0.1) is 0 Å². The maximum Gasteiger partial charge on any atom is 0.134 e. The van der Waals surface area contributed by atoms with Gasteiger partial charge in [-0.1, -0.05) is 66.7 Å². The normalized spacial score (nSPS) is 12.0. The Balaban J connectivity index is 1.84. The third kappa shape index (κ3) is 1.67. The Kier molecular flexibility index (Phi) is 2.40. The van der Waals surface area contributed by atoms with Crippen LogP contribution in [0.5, 0.6) is 0 Å². The summed E-state index contributed by atoms with van der Waals surface area (Å²) < 4.78 is 5.61. The van der Waals surface area contributed by atoms with Gasteiger partial charge in [-0.3, -0.25) is 0 Å². The molecule has 0 unspecified atom stereocenters. The van der Waals surface area contributed by atoms with E-state index >= 15 is 0 Å². The zero-order valence-corrected chi connectivity index (χ0v) is 13.5. The summed E-state index contributed by atoms with van der Waals surface area (Å²) in [5, 5.41) is 9.08. The summed E-state index contributed by atoms with van der Waals surface area (Å²) in [6.07, 6.45) is 1.77. The van der Waals surface area contributed by atoms with E-state index in [4.69, 9.17) is 4.42 Å². The maximum atomic E-state index is 5.61. The van der Waals surface area contributed by atoms with Crippen molar-refractivity contribution in [3.8, 4) is 11.1 Å². The van der Waals surface area contributed by atoms with Gasteiger partial charge in [0.25, 0.3) is 0 Å². The van der Waals surface area contributed by atoms with Crippen molar-refractivity contribution in [1.82, 2.24) is 0 Å². The molecule has 5 aromatic carbocycles. The molecule has 1 nitrogen and oxygen atoms in total. The molecule has 1 heterocycles. The van der Waals surface area contributed by atoms with Gasteiger partial charge in [0.2, 0.25) is 0 Å². The first-order valence-electron chi connectivity index (χ1n) is 8.53. The van der Waals surface area contributed by atoms with Crippen molar-refractivity contribution in [2.75, 3.05) is 0 Å². The SMILES string of the molecule is c1cc2ccc3ccc(-c4cccc5occc45)c4ccc(c1)c2c34. The molecule has 0 N–H and O–H groups in total. The highest BCUT2D eigenvalue weighted by Crippen LogP contribution is 2.40. The van der Waals surface area contributed by atoms with Crippen LogP contribution in [0.2, 0.25) is 0 Å². The van der Waals surface area contributed by atoms with Crippen molar-refractivity contribution >= 4 is 43.3 Å². The lowest BCUT2D eigenvalue weighted by molar-refractivity contribution is 0.616. The van der Waals surface area contributed by atoms with E-state index in [0.29, 0.717) is 0 Å². The Labute approximate surface area is 144 Å². The van der Waals surface area contributed by atoms with E-state index in [1.807, 2.05) is 6.07 Å². The molecule has 0 atom stereocenters.